The van der Waals surface area contributed by atoms with Crippen LogP contribution in [0.4, 0.5) is 0 Å². The van der Waals surface area contributed by atoms with Crippen LogP contribution in [0, 0.1) is 6.92 Å². The average Bonchev–Trinajstić information content (AvgIpc) is 3.42. The summed E-state index contributed by atoms with van der Waals surface area (Å²) in [5, 5.41) is 4.52. The van der Waals surface area contributed by atoms with Crippen LogP contribution >= 0.6 is 11.3 Å². The zero-order chi connectivity index (χ0) is 18.8. The fourth-order valence-electron chi connectivity index (χ4n) is 2.37. The average molecular weight is 382 g/mol. The molecule has 0 saturated heterocycles. The second-order valence-corrected chi connectivity index (χ2v) is 6.85. The number of hydrogen-bond acceptors (Lipinski definition) is 9. The molecule has 0 aromatic carbocycles. The van der Waals surface area contributed by atoms with Gasteiger partial charge in [0.15, 0.2) is 22.6 Å². The molecule has 4 aromatic heterocycles. The second kappa shape index (κ2) is 7.12. The molecule has 8 nitrogen and oxygen atoms in total. The summed E-state index contributed by atoms with van der Waals surface area (Å²) in [6.07, 6.45) is 4.12. The van der Waals surface area contributed by atoms with E-state index in [0.717, 1.165) is 4.88 Å². The van der Waals surface area contributed by atoms with Gasteiger partial charge in [0, 0.05) is 22.8 Å². The van der Waals surface area contributed by atoms with Crippen molar-refractivity contribution in [2.24, 2.45) is 0 Å². The highest BCUT2D eigenvalue weighted by molar-refractivity contribution is 7.15. The summed E-state index contributed by atoms with van der Waals surface area (Å²) in [6, 6.07) is 7.14. The number of hydrogen-bond donors (Lipinski definition) is 0. The van der Waals surface area contributed by atoms with Gasteiger partial charge in [-0.15, -0.1) is 11.3 Å². The van der Waals surface area contributed by atoms with Crippen molar-refractivity contribution in [1.29, 1.82) is 0 Å². The number of rotatable bonds is 5. The molecule has 1 unspecified atom stereocenters. The number of aryl methyl sites for hydroxylation is 1. The predicted molar refractivity (Wildman–Crippen MR) is 95.9 cm³/mol. The summed E-state index contributed by atoms with van der Waals surface area (Å²) < 4.78 is 16.0. The molecule has 0 bridgehead atoms. The maximum absolute atomic E-state index is 12.5. The van der Waals surface area contributed by atoms with E-state index in [1.54, 1.807) is 50.7 Å². The predicted octanol–water partition coefficient (Wildman–Crippen LogP) is 4.07. The van der Waals surface area contributed by atoms with Gasteiger partial charge < -0.3 is 13.7 Å². The lowest BCUT2D eigenvalue weighted by Crippen LogP contribution is -2.11. The van der Waals surface area contributed by atoms with Crippen LogP contribution in [0.3, 0.4) is 0 Å². The van der Waals surface area contributed by atoms with Gasteiger partial charge in [0.2, 0.25) is 5.82 Å². The van der Waals surface area contributed by atoms with Crippen LogP contribution < -0.4 is 0 Å². The molecule has 136 valence electrons. The minimum Gasteiger partial charge on any atom is -0.462 e. The Bertz CT molecular complexity index is 1060. The van der Waals surface area contributed by atoms with Crippen LogP contribution in [0.25, 0.3) is 22.2 Å². The lowest BCUT2D eigenvalue weighted by molar-refractivity contribution is 0.0259. The molecule has 4 rings (SSSR count). The molecular weight excluding hydrogens is 368 g/mol. The number of nitrogens with zero attached hydrogens (tertiary/aromatic N) is 4. The molecule has 1 atom stereocenters. The summed E-state index contributed by atoms with van der Waals surface area (Å²) in [5.74, 6) is 0.621. The Morgan fingerprint density at radius 1 is 1.26 bits per heavy atom. The molecule has 0 aliphatic rings. The summed E-state index contributed by atoms with van der Waals surface area (Å²) in [4.78, 5) is 25.8. The van der Waals surface area contributed by atoms with E-state index in [1.165, 1.54) is 11.3 Å². The highest BCUT2D eigenvalue weighted by Gasteiger charge is 2.24. The maximum Gasteiger partial charge on any atom is 0.358 e. The molecule has 0 amide bonds. The van der Waals surface area contributed by atoms with E-state index in [2.05, 4.69) is 20.1 Å². The smallest absolute Gasteiger partial charge is 0.358 e. The summed E-state index contributed by atoms with van der Waals surface area (Å²) in [7, 11) is 0. The van der Waals surface area contributed by atoms with Crippen molar-refractivity contribution in [2.45, 2.75) is 20.0 Å². The van der Waals surface area contributed by atoms with Gasteiger partial charge in [-0.2, -0.15) is 4.98 Å². The van der Waals surface area contributed by atoms with E-state index in [9.17, 15) is 4.79 Å². The van der Waals surface area contributed by atoms with E-state index in [-0.39, 0.29) is 11.6 Å². The van der Waals surface area contributed by atoms with Crippen LogP contribution in [-0.2, 0) is 4.74 Å². The van der Waals surface area contributed by atoms with Gasteiger partial charge in [-0.25, -0.2) is 9.78 Å². The summed E-state index contributed by atoms with van der Waals surface area (Å²) in [6.45, 7) is 3.46. The van der Waals surface area contributed by atoms with E-state index in [1.807, 2.05) is 6.07 Å². The van der Waals surface area contributed by atoms with E-state index >= 15 is 0 Å². The van der Waals surface area contributed by atoms with Gasteiger partial charge in [-0.1, -0.05) is 5.16 Å². The Morgan fingerprint density at radius 3 is 2.89 bits per heavy atom. The number of furan rings is 1. The fraction of sp³-hybridized carbons (Fsp3) is 0.167. The first-order chi connectivity index (χ1) is 13.1. The number of aromatic nitrogens is 4. The largest absolute Gasteiger partial charge is 0.462 e. The second-order valence-electron chi connectivity index (χ2n) is 5.65. The normalized spacial score (nSPS) is 12.1. The van der Waals surface area contributed by atoms with Crippen molar-refractivity contribution in [3.63, 3.8) is 0 Å². The van der Waals surface area contributed by atoms with Gasteiger partial charge in [0.25, 0.3) is 5.89 Å². The molecule has 0 radical (unpaired) electrons. The Hall–Kier alpha value is -3.33. The molecule has 9 heteroatoms. The number of pyridine rings is 1. The quantitative estimate of drug-likeness (QED) is 0.476. The minimum atomic E-state index is -0.719. The first-order valence-corrected chi connectivity index (χ1v) is 8.90. The first-order valence-electron chi connectivity index (χ1n) is 8.08. The Labute approximate surface area is 157 Å². The van der Waals surface area contributed by atoms with Crippen molar-refractivity contribution >= 4 is 17.3 Å². The van der Waals surface area contributed by atoms with Gasteiger partial charge >= 0.3 is 5.97 Å². The molecule has 0 fully saturated rings. The fourth-order valence-corrected chi connectivity index (χ4v) is 3.24. The Balaban J connectivity index is 1.49. The van der Waals surface area contributed by atoms with Crippen molar-refractivity contribution in [3.05, 3.63) is 59.4 Å². The third kappa shape index (κ3) is 3.49. The van der Waals surface area contributed by atoms with Gasteiger partial charge in [0.1, 0.15) is 0 Å². The zero-order valence-corrected chi connectivity index (χ0v) is 15.3. The number of thiazole rings is 1. The van der Waals surface area contributed by atoms with Crippen LogP contribution in [0.15, 0.2) is 51.9 Å². The van der Waals surface area contributed by atoms with Crippen molar-refractivity contribution in [2.75, 3.05) is 0 Å². The highest BCUT2D eigenvalue weighted by Crippen LogP contribution is 2.29. The number of ether oxygens (including phenoxy) is 1. The topological polar surface area (TPSA) is 104 Å². The SMILES string of the molecule is Cc1sc(-c2ccco2)nc1C(=O)OC(C)c1nc(-c2cccnc2)no1. The van der Waals surface area contributed by atoms with Gasteiger partial charge in [0.05, 0.1) is 6.26 Å². The molecule has 0 aliphatic carbocycles. The van der Waals surface area contributed by atoms with E-state index < -0.39 is 12.1 Å². The number of carbonyl (C=O) groups is 1. The van der Waals surface area contributed by atoms with Gasteiger partial charge in [-0.05, 0) is 38.1 Å². The summed E-state index contributed by atoms with van der Waals surface area (Å²) >= 11 is 1.36. The third-order valence-electron chi connectivity index (χ3n) is 3.71. The molecule has 27 heavy (non-hydrogen) atoms. The van der Waals surface area contributed by atoms with Crippen LogP contribution in [0.2, 0.25) is 0 Å². The molecule has 0 N–H and O–H groups in total. The van der Waals surface area contributed by atoms with Crippen LogP contribution in [0.5, 0.6) is 0 Å². The number of esters is 1. The molecule has 4 aromatic rings. The van der Waals surface area contributed by atoms with Crippen molar-refractivity contribution in [1.82, 2.24) is 20.1 Å². The lowest BCUT2D eigenvalue weighted by atomic mass is 10.3. The highest BCUT2D eigenvalue weighted by atomic mass is 32.1. The zero-order valence-electron chi connectivity index (χ0n) is 14.4. The molecule has 0 saturated carbocycles. The van der Waals surface area contributed by atoms with E-state index in [4.69, 9.17) is 13.7 Å². The van der Waals surface area contributed by atoms with Crippen molar-refractivity contribution < 1.29 is 18.5 Å². The lowest BCUT2D eigenvalue weighted by Gasteiger charge is -2.07. The summed E-state index contributed by atoms with van der Waals surface area (Å²) in [5.41, 5.74) is 0.953. The van der Waals surface area contributed by atoms with Crippen LogP contribution in [0.1, 0.15) is 34.3 Å². The third-order valence-corrected chi connectivity index (χ3v) is 4.70. The molecule has 0 spiro atoms. The molecule has 0 aliphatic heterocycles. The Morgan fingerprint density at radius 2 is 2.15 bits per heavy atom. The molecular formula is C18H14N4O4S. The van der Waals surface area contributed by atoms with Crippen molar-refractivity contribution in [3.8, 4) is 22.2 Å². The van der Waals surface area contributed by atoms with Crippen LogP contribution in [-0.4, -0.2) is 26.1 Å². The minimum absolute atomic E-state index is 0.196. The molecule has 4 heterocycles. The van der Waals surface area contributed by atoms with Gasteiger partial charge in [-0.3, -0.25) is 4.98 Å². The first kappa shape index (κ1) is 17.1. The standard InChI is InChI=1S/C18H14N4O4S/c1-10(16-21-15(22-26-16)12-5-3-7-19-9-12)25-18(23)14-11(2)27-17(20-14)13-6-4-8-24-13/h3-10H,1-2H3. The van der Waals surface area contributed by atoms with E-state index in [0.29, 0.717) is 22.2 Å². The number of carbonyl (C=O) groups excluding carboxylic acids is 1. The maximum atomic E-state index is 12.5. The Kier molecular flexibility index (Phi) is 4.51. The monoisotopic (exact) mass is 382 g/mol.